The first-order valence-corrected chi connectivity index (χ1v) is 3.12. The molecule has 35 valence electrons. The Morgan fingerprint density at radius 3 is 2.67 bits per heavy atom. The number of halogens is 1. The highest BCUT2D eigenvalue weighted by molar-refractivity contribution is 9.09. The molecule has 0 bridgehead atoms. The third-order valence-corrected chi connectivity index (χ3v) is 1.68. The zero-order valence-electron chi connectivity index (χ0n) is 3.52. The van der Waals surface area contributed by atoms with E-state index in [1.807, 2.05) is 0 Å². The molecule has 1 radical (unpaired) electrons. The smallest absolute Gasteiger partial charge is 0.0796 e. The lowest BCUT2D eigenvalue weighted by Gasteiger charge is -1.89. The van der Waals surface area contributed by atoms with Gasteiger partial charge >= 0.3 is 0 Å². The molecule has 1 saturated heterocycles. The Kier molecular flexibility index (Phi) is 1.48. The third-order valence-electron chi connectivity index (χ3n) is 0.928. The highest BCUT2D eigenvalue weighted by Crippen LogP contribution is 2.11. The Hall–Kier alpha value is 0.440. The molecule has 0 saturated carbocycles. The SMILES string of the molecule is BrC1CCC[N]1. The van der Waals surface area contributed by atoms with E-state index in [9.17, 15) is 0 Å². The highest BCUT2D eigenvalue weighted by Gasteiger charge is 2.09. The van der Waals surface area contributed by atoms with Crippen molar-refractivity contribution in [2.45, 2.75) is 17.8 Å². The van der Waals surface area contributed by atoms with Crippen molar-refractivity contribution >= 4 is 15.9 Å². The van der Waals surface area contributed by atoms with Crippen LogP contribution in [-0.4, -0.2) is 11.5 Å². The summed E-state index contributed by atoms with van der Waals surface area (Å²) in [5, 5.41) is 4.15. The minimum atomic E-state index is 0.484. The fraction of sp³-hybridized carbons (Fsp3) is 1.00. The van der Waals surface area contributed by atoms with Crippen LogP contribution >= 0.6 is 15.9 Å². The summed E-state index contributed by atoms with van der Waals surface area (Å²) in [5.41, 5.74) is 0. The summed E-state index contributed by atoms with van der Waals surface area (Å²) in [7, 11) is 0. The number of hydrogen-bond acceptors (Lipinski definition) is 0. The number of alkyl halides is 1. The van der Waals surface area contributed by atoms with Gasteiger partial charge in [0.15, 0.2) is 0 Å². The van der Waals surface area contributed by atoms with Crippen LogP contribution in [0.5, 0.6) is 0 Å². The minimum absolute atomic E-state index is 0.484. The van der Waals surface area contributed by atoms with Crippen LogP contribution in [0.3, 0.4) is 0 Å². The van der Waals surface area contributed by atoms with Gasteiger partial charge in [-0.3, -0.25) is 0 Å². The lowest BCUT2D eigenvalue weighted by Crippen LogP contribution is -2.03. The van der Waals surface area contributed by atoms with Crippen LogP contribution in [0.1, 0.15) is 12.8 Å². The highest BCUT2D eigenvalue weighted by atomic mass is 79.9. The maximum absolute atomic E-state index is 4.15. The topological polar surface area (TPSA) is 14.1 Å². The predicted octanol–water partition coefficient (Wildman–Crippen LogP) is 1.11. The maximum atomic E-state index is 4.15. The van der Waals surface area contributed by atoms with Gasteiger partial charge in [0.2, 0.25) is 0 Å². The van der Waals surface area contributed by atoms with Crippen LogP contribution in [0.25, 0.3) is 0 Å². The van der Waals surface area contributed by atoms with Gasteiger partial charge in [0.05, 0.1) is 4.95 Å². The van der Waals surface area contributed by atoms with Crippen LogP contribution in [-0.2, 0) is 0 Å². The van der Waals surface area contributed by atoms with E-state index in [1.54, 1.807) is 0 Å². The van der Waals surface area contributed by atoms with Crippen LogP contribution in [0.4, 0.5) is 0 Å². The first kappa shape index (κ1) is 4.60. The number of nitrogens with zero attached hydrogens (tertiary/aromatic N) is 1. The molecule has 1 fully saturated rings. The molecule has 0 aromatic rings. The summed E-state index contributed by atoms with van der Waals surface area (Å²) in [6.45, 7) is 1.07. The monoisotopic (exact) mass is 148 g/mol. The van der Waals surface area contributed by atoms with Crippen molar-refractivity contribution < 1.29 is 0 Å². The molecule has 1 aliphatic rings. The van der Waals surface area contributed by atoms with E-state index >= 15 is 0 Å². The fourth-order valence-corrected chi connectivity index (χ4v) is 1.11. The molecule has 1 rings (SSSR count). The Morgan fingerprint density at radius 2 is 2.50 bits per heavy atom. The molecule has 0 aromatic heterocycles. The molecule has 2 heteroatoms. The molecule has 0 aromatic carbocycles. The van der Waals surface area contributed by atoms with Crippen molar-refractivity contribution in [2.75, 3.05) is 6.54 Å². The average molecular weight is 149 g/mol. The van der Waals surface area contributed by atoms with E-state index in [0.717, 1.165) is 6.54 Å². The summed E-state index contributed by atoms with van der Waals surface area (Å²) in [4.78, 5) is 0.484. The molecule has 0 N–H and O–H groups in total. The maximum Gasteiger partial charge on any atom is 0.0796 e. The van der Waals surface area contributed by atoms with Crippen molar-refractivity contribution in [1.29, 1.82) is 0 Å². The number of hydrogen-bond donors (Lipinski definition) is 0. The van der Waals surface area contributed by atoms with Crippen molar-refractivity contribution in [1.82, 2.24) is 5.32 Å². The molecule has 1 heterocycles. The van der Waals surface area contributed by atoms with Gasteiger partial charge in [0.1, 0.15) is 0 Å². The number of rotatable bonds is 0. The van der Waals surface area contributed by atoms with Gasteiger partial charge in [-0.1, -0.05) is 15.9 Å². The van der Waals surface area contributed by atoms with E-state index in [-0.39, 0.29) is 0 Å². The van der Waals surface area contributed by atoms with E-state index in [2.05, 4.69) is 21.2 Å². The van der Waals surface area contributed by atoms with Gasteiger partial charge in [0, 0.05) is 6.54 Å². The Morgan fingerprint density at radius 1 is 1.67 bits per heavy atom. The quantitative estimate of drug-likeness (QED) is 0.361. The molecule has 1 unspecified atom stereocenters. The van der Waals surface area contributed by atoms with Crippen LogP contribution in [0.2, 0.25) is 0 Å². The second kappa shape index (κ2) is 1.94. The molecule has 0 spiro atoms. The van der Waals surface area contributed by atoms with Gasteiger partial charge in [0.25, 0.3) is 0 Å². The second-order valence-corrected chi connectivity index (χ2v) is 2.54. The fourth-order valence-electron chi connectivity index (χ4n) is 0.582. The minimum Gasteiger partial charge on any atom is -0.227 e. The van der Waals surface area contributed by atoms with Crippen LogP contribution in [0.15, 0.2) is 0 Å². The Bertz CT molecular complexity index is 40.8. The zero-order chi connectivity index (χ0) is 4.41. The Balaban J connectivity index is 2.18. The van der Waals surface area contributed by atoms with Gasteiger partial charge in [-0.05, 0) is 12.8 Å². The second-order valence-electron chi connectivity index (χ2n) is 1.48. The summed E-state index contributed by atoms with van der Waals surface area (Å²) in [6.07, 6.45) is 2.51. The molecule has 6 heavy (non-hydrogen) atoms. The third kappa shape index (κ3) is 0.949. The van der Waals surface area contributed by atoms with Gasteiger partial charge in [-0.25, -0.2) is 5.32 Å². The van der Waals surface area contributed by atoms with Crippen molar-refractivity contribution in [3.05, 3.63) is 0 Å². The molecular weight excluding hydrogens is 142 g/mol. The van der Waals surface area contributed by atoms with Gasteiger partial charge in [-0.15, -0.1) is 0 Å². The molecule has 1 atom stereocenters. The Labute approximate surface area is 46.2 Å². The lowest BCUT2D eigenvalue weighted by molar-refractivity contribution is 0.801. The summed E-state index contributed by atoms with van der Waals surface area (Å²) in [5.74, 6) is 0. The predicted molar refractivity (Wildman–Crippen MR) is 28.9 cm³/mol. The van der Waals surface area contributed by atoms with E-state index in [0.29, 0.717) is 4.95 Å². The van der Waals surface area contributed by atoms with Gasteiger partial charge in [-0.2, -0.15) is 0 Å². The van der Waals surface area contributed by atoms with E-state index in [1.165, 1.54) is 12.8 Å². The largest absolute Gasteiger partial charge is 0.227 e. The zero-order valence-corrected chi connectivity index (χ0v) is 5.11. The summed E-state index contributed by atoms with van der Waals surface area (Å²) < 4.78 is 0. The van der Waals surface area contributed by atoms with Crippen molar-refractivity contribution in [3.8, 4) is 0 Å². The first-order chi connectivity index (χ1) is 2.89. The van der Waals surface area contributed by atoms with Crippen molar-refractivity contribution in [2.24, 2.45) is 0 Å². The van der Waals surface area contributed by atoms with Crippen LogP contribution < -0.4 is 5.32 Å². The van der Waals surface area contributed by atoms with Gasteiger partial charge < -0.3 is 0 Å². The average Bonchev–Trinajstić information content (AvgIpc) is 1.86. The van der Waals surface area contributed by atoms with Crippen LogP contribution in [0, 0.1) is 0 Å². The van der Waals surface area contributed by atoms with Crippen molar-refractivity contribution in [3.63, 3.8) is 0 Å². The standard InChI is InChI=1S/C4H7BrN/c5-4-2-1-3-6-4/h4H,1-3H2. The molecular formula is C4H7BrN. The lowest BCUT2D eigenvalue weighted by atomic mass is 10.4. The summed E-state index contributed by atoms with van der Waals surface area (Å²) in [6, 6.07) is 0. The molecule has 1 nitrogen and oxygen atoms in total. The van der Waals surface area contributed by atoms with E-state index < -0.39 is 0 Å². The van der Waals surface area contributed by atoms with E-state index in [4.69, 9.17) is 0 Å². The molecule has 1 aliphatic heterocycles. The molecule has 0 aliphatic carbocycles. The molecule has 0 amide bonds. The first-order valence-electron chi connectivity index (χ1n) is 2.20. The summed E-state index contributed by atoms with van der Waals surface area (Å²) >= 11 is 3.37. The normalized spacial score (nSPS) is 34.5.